The van der Waals surface area contributed by atoms with Crippen LogP contribution < -0.4 is 5.32 Å². The van der Waals surface area contributed by atoms with Crippen LogP contribution in [0, 0.1) is 5.82 Å². The number of nitrogens with one attached hydrogen (secondary N) is 1. The third kappa shape index (κ3) is 2.74. The van der Waals surface area contributed by atoms with Crippen molar-refractivity contribution in [1.82, 2.24) is 0 Å². The molecule has 1 aromatic heterocycles. The number of hydrogen-bond donors (Lipinski definition) is 1. The van der Waals surface area contributed by atoms with Gasteiger partial charge in [0.25, 0.3) is 0 Å². The summed E-state index contributed by atoms with van der Waals surface area (Å²) < 4.78 is 13.4. The van der Waals surface area contributed by atoms with Crippen molar-refractivity contribution in [2.75, 3.05) is 11.9 Å². The van der Waals surface area contributed by atoms with Gasteiger partial charge < -0.3 is 5.32 Å². The first-order chi connectivity index (χ1) is 7.77. The number of hydrogen-bond acceptors (Lipinski definition) is 2. The van der Waals surface area contributed by atoms with E-state index in [4.69, 9.17) is 11.6 Å². The highest BCUT2D eigenvalue weighted by atomic mass is 35.5. The van der Waals surface area contributed by atoms with Crippen molar-refractivity contribution in [2.45, 2.75) is 6.42 Å². The van der Waals surface area contributed by atoms with E-state index in [1.165, 1.54) is 10.9 Å². The number of benzene rings is 1. The van der Waals surface area contributed by atoms with Gasteiger partial charge in [-0.3, -0.25) is 0 Å². The molecular formula is C12H11ClFNS. The van der Waals surface area contributed by atoms with Crippen molar-refractivity contribution >= 4 is 28.6 Å². The molecule has 1 heterocycles. The van der Waals surface area contributed by atoms with Gasteiger partial charge in [-0.1, -0.05) is 23.7 Å². The minimum atomic E-state index is -0.307. The van der Waals surface area contributed by atoms with E-state index in [-0.39, 0.29) is 5.82 Å². The second-order valence-electron chi connectivity index (χ2n) is 3.35. The third-order valence-electron chi connectivity index (χ3n) is 2.22. The van der Waals surface area contributed by atoms with E-state index in [9.17, 15) is 4.39 Å². The van der Waals surface area contributed by atoms with Gasteiger partial charge in [-0.05, 0) is 30.0 Å². The van der Waals surface area contributed by atoms with Crippen LogP contribution in [0.3, 0.4) is 0 Å². The van der Waals surface area contributed by atoms with E-state index in [2.05, 4.69) is 11.4 Å². The molecule has 84 valence electrons. The maximum atomic E-state index is 13.4. The zero-order valence-electron chi connectivity index (χ0n) is 8.54. The Morgan fingerprint density at radius 2 is 2.12 bits per heavy atom. The first-order valence-corrected chi connectivity index (χ1v) is 6.23. The topological polar surface area (TPSA) is 12.0 Å². The smallest absolute Gasteiger partial charge is 0.147 e. The SMILES string of the molecule is Fc1cccc(Cl)c1NCCc1cccs1. The molecule has 0 aliphatic carbocycles. The molecule has 16 heavy (non-hydrogen) atoms. The molecule has 2 aromatic rings. The maximum Gasteiger partial charge on any atom is 0.147 e. The Balaban J connectivity index is 1.95. The van der Waals surface area contributed by atoms with Crippen LogP contribution in [-0.4, -0.2) is 6.54 Å². The Kier molecular flexibility index (Phi) is 3.80. The van der Waals surface area contributed by atoms with Gasteiger partial charge in [0.2, 0.25) is 0 Å². The molecule has 0 aliphatic heterocycles. The second kappa shape index (κ2) is 5.32. The van der Waals surface area contributed by atoms with Crippen LogP contribution in [0.15, 0.2) is 35.7 Å². The number of anilines is 1. The van der Waals surface area contributed by atoms with Crippen LogP contribution in [-0.2, 0) is 6.42 Å². The first-order valence-electron chi connectivity index (χ1n) is 4.97. The van der Waals surface area contributed by atoms with Crippen molar-refractivity contribution in [1.29, 1.82) is 0 Å². The molecule has 0 saturated heterocycles. The van der Waals surface area contributed by atoms with Gasteiger partial charge in [-0.25, -0.2) is 4.39 Å². The monoisotopic (exact) mass is 255 g/mol. The van der Waals surface area contributed by atoms with Crippen molar-refractivity contribution in [3.63, 3.8) is 0 Å². The van der Waals surface area contributed by atoms with Gasteiger partial charge in [0.15, 0.2) is 0 Å². The lowest BCUT2D eigenvalue weighted by Gasteiger charge is -2.08. The molecule has 1 nitrogen and oxygen atoms in total. The molecule has 0 amide bonds. The van der Waals surface area contributed by atoms with Gasteiger partial charge in [0.1, 0.15) is 5.82 Å². The molecule has 0 aliphatic rings. The fourth-order valence-corrected chi connectivity index (χ4v) is 2.37. The van der Waals surface area contributed by atoms with Crippen molar-refractivity contribution in [2.24, 2.45) is 0 Å². The molecule has 0 spiro atoms. The number of para-hydroxylation sites is 1. The molecule has 0 radical (unpaired) electrons. The lowest BCUT2D eigenvalue weighted by atomic mass is 10.3. The highest BCUT2D eigenvalue weighted by molar-refractivity contribution is 7.09. The molecule has 4 heteroatoms. The quantitative estimate of drug-likeness (QED) is 0.864. The summed E-state index contributed by atoms with van der Waals surface area (Å²) >= 11 is 7.59. The van der Waals surface area contributed by atoms with Gasteiger partial charge >= 0.3 is 0 Å². The summed E-state index contributed by atoms with van der Waals surface area (Å²) in [5.41, 5.74) is 0.390. The molecule has 2 rings (SSSR count). The van der Waals surface area contributed by atoms with E-state index in [1.807, 2.05) is 11.4 Å². The van der Waals surface area contributed by atoms with Crippen molar-refractivity contribution < 1.29 is 4.39 Å². The van der Waals surface area contributed by atoms with Gasteiger partial charge in [-0.2, -0.15) is 0 Å². The standard InChI is InChI=1S/C12H11ClFNS/c13-10-4-1-5-11(14)12(10)15-7-6-9-3-2-8-16-9/h1-5,8,15H,6-7H2. The number of rotatable bonds is 4. The molecule has 1 N–H and O–H groups in total. The zero-order valence-corrected chi connectivity index (χ0v) is 10.1. The van der Waals surface area contributed by atoms with Crippen LogP contribution in [0.25, 0.3) is 0 Å². The molecular weight excluding hydrogens is 245 g/mol. The fraction of sp³-hybridized carbons (Fsp3) is 0.167. The third-order valence-corrected chi connectivity index (χ3v) is 3.47. The summed E-state index contributed by atoms with van der Waals surface area (Å²) in [7, 11) is 0. The molecule has 0 saturated carbocycles. The lowest BCUT2D eigenvalue weighted by Crippen LogP contribution is -2.06. The van der Waals surface area contributed by atoms with Crippen molar-refractivity contribution in [3.8, 4) is 0 Å². The normalized spacial score (nSPS) is 10.4. The summed E-state index contributed by atoms with van der Waals surface area (Å²) in [6.45, 7) is 0.682. The van der Waals surface area contributed by atoms with E-state index in [1.54, 1.807) is 23.5 Å². The van der Waals surface area contributed by atoms with Gasteiger partial charge in [0.05, 0.1) is 10.7 Å². The summed E-state index contributed by atoms with van der Waals surface area (Å²) in [5, 5.41) is 5.47. The molecule has 0 fully saturated rings. The Labute approximate surface area is 103 Å². The molecule has 1 aromatic carbocycles. The summed E-state index contributed by atoms with van der Waals surface area (Å²) in [5.74, 6) is -0.307. The Bertz CT molecular complexity index is 436. The minimum Gasteiger partial charge on any atom is -0.381 e. The van der Waals surface area contributed by atoms with Gasteiger partial charge in [0, 0.05) is 11.4 Å². The van der Waals surface area contributed by atoms with E-state index < -0.39 is 0 Å². The van der Waals surface area contributed by atoms with Crippen LogP contribution in [0.4, 0.5) is 10.1 Å². The van der Waals surface area contributed by atoms with Crippen LogP contribution >= 0.6 is 22.9 Å². The van der Waals surface area contributed by atoms with E-state index in [0.717, 1.165) is 6.42 Å². The zero-order chi connectivity index (χ0) is 11.4. The summed E-state index contributed by atoms with van der Waals surface area (Å²) in [4.78, 5) is 1.28. The predicted octanol–water partition coefficient (Wildman–Crippen LogP) is 4.20. The Morgan fingerprint density at radius 3 is 2.81 bits per heavy atom. The van der Waals surface area contributed by atoms with Gasteiger partial charge in [-0.15, -0.1) is 11.3 Å². The second-order valence-corrected chi connectivity index (χ2v) is 4.79. The van der Waals surface area contributed by atoms with Crippen LogP contribution in [0.2, 0.25) is 5.02 Å². The highest BCUT2D eigenvalue weighted by Crippen LogP contribution is 2.24. The molecule has 0 atom stereocenters. The fourth-order valence-electron chi connectivity index (χ4n) is 1.43. The average molecular weight is 256 g/mol. The highest BCUT2D eigenvalue weighted by Gasteiger charge is 2.05. The van der Waals surface area contributed by atoms with E-state index >= 15 is 0 Å². The molecule has 0 unspecified atom stereocenters. The lowest BCUT2D eigenvalue weighted by molar-refractivity contribution is 0.630. The Hall–Kier alpha value is -1.06. The minimum absolute atomic E-state index is 0.307. The number of thiophene rings is 1. The number of halogens is 2. The van der Waals surface area contributed by atoms with Crippen molar-refractivity contribution in [3.05, 3.63) is 51.4 Å². The van der Waals surface area contributed by atoms with Crippen LogP contribution in [0.5, 0.6) is 0 Å². The maximum absolute atomic E-state index is 13.4. The predicted molar refractivity (Wildman–Crippen MR) is 67.9 cm³/mol. The molecule has 0 bridgehead atoms. The largest absolute Gasteiger partial charge is 0.381 e. The average Bonchev–Trinajstić information content (AvgIpc) is 2.75. The summed E-state index contributed by atoms with van der Waals surface area (Å²) in [6, 6.07) is 8.75. The summed E-state index contributed by atoms with van der Waals surface area (Å²) in [6.07, 6.45) is 0.877. The van der Waals surface area contributed by atoms with Crippen LogP contribution in [0.1, 0.15) is 4.88 Å². The Morgan fingerprint density at radius 1 is 1.25 bits per heavy atom. The van der Waals surface area contributed by atoms with E-state index in [0.29, 0.717) is 17.3 Å². The first kappa shape index (κ1) is 11.4.